The summed E-state index contributed by atoms with van der Waals surface area (Å²) in [5.74, 6) is -0.370. The van der Waals surface area contributed by atoms with Gasteiger partial charge in [-0.15, -0.1) is 0 Å². The molecule has 0 radical (unpaired) electrons. The molecule has 1 aromatic heterocycles. The standard InChI is InChI=1S/C13H13FN2O3/c1-19-7-6-15-8-12(13(9-15)16(17)18)10-2-4-11(14)5-3-10/h2-5,8-9H,6-7H2,1H3. The summed E-state index contributed by atoms with van der Waals surface area (Å²) < 4.78 is 19.5. The van der Waals surface area contributed by atoms with Gasteiger partial charge in [0.15, 0.2) is 0 Å². The fourth-order valence-electron chi connectivity index (χ4n) is 1.82. The van der Waals surface area contributed by atoms with Gasteiger partial charge in [0.25, 0.3) is 5.69 Å². The molecule has 0 saturated carbocycles. The van der Waals surface area contributed by atoms with E-state index in [1.807, 2.05) is 0 Å². The molecule has 100 valence electrons. The van der Waals surface area contributed by atoms with Gasteiger partial charge in [-0.2, -0.15) is 0 Å². The smallest absolute Gasteiger partial charge is 0.294 e. The quantitative estimate of drug-likeness (QED) is 0.616. The number of aromatic nitrogens is 1. The van der Waals surface area contributed by atoms with Crippen LogP contribution >= 0.6 is 0 Å². The summed E-state index contributed by atoms with van der Waals surface area (Å²) in [7, 11) is 1.57. The molecule has 0 N–H and O–H groups in total. The first-order chi connectivity index (χ1) is 9.11. The lowest BCUT2D eigenvalue weighted by molar-refractivity contribution is -0.384. The van der Waals surface area contributed by atoms with E-state index in [-0.39, 0.29) is 11.5 Å². The molecule has 6 heteroatoms. The van der Waals surface area contributed by atoms with E-state index in [1.165, 1.54) is 30.5 Å². The molecular weight excluding hydrogens is 251 g/mol. The Morgan fingerprint density at radius 1 is 1.32 bits per heavy atom. The van der Waals surface area contributed by atoms with Gasteiger partial charge in [-0.25, -0.2) is 4.39 Å². The lowest BCUT2D eigenvalue weighted by Gasteiger charge is -2.00. The molecule has 0 unspecified atom stereocenters. The van der Waals surface area contributed by atoms with Crippen molar-refractivity contribution in [3.8, 4) is 11.1 Å². The molecule has 2 aromatic rings. The molecule has 0 aliphatic rings. The number of nitrogens with zero attached hydrogens (tertiary/aromatic N) is 2. The van der Waals surface area contributed by atoms with Crippen LogP contribution in [-0.2, 0) is 11.3 Å². The van der Waals surface area contributed by atoms with Gasteiger partial charge in [-0.3, -0.25) is 10.1 Å². The summed E-state index contributed by atoms with van der Waals surface area (Å²) >= 11 is 0. The second-order valence-electron chi connectivity index (χ2n) is 4.05. The molecule has 5 nitrogen and oxygen atoms in total. The summed E-state index contributed by atoms with van der Waals surface area (Å²) in [5.41, 5.74) is 1.09. The van der Waals surface area contributed by atoms with Gasteiger partial charge >= 0.3 is 0 Å². The van der Waals surface area contributed by atoms with Crippen LogP contribution in [0.4, 0.5) is 10.1 Å². The third kappa shape index (κ3) is 2.97. The third-order valence-electron chi connectivity index (χ3n) is 2.76. The molecule has 1 heterocycles. The van der Waals surface area contributed by atoms with Crippen molar-refractivity contribution in [2.24, 2.45) is 0 Å². The average Bonchev–Trinajstić information content (AvgIpc) is 2.81. The van der Waals surface area contributed by atoms with Crippen LogP contribution in [0.2, 0.25) is 0 Å². The zero-order valence-electron chi connectivity index (χ0n) is 10.4. The number of nitro groups is 1. The molecular formula is C13H13FN2O3. The van der Waals surface area contributed by atoms with Gasteiger partial charge in [0.2, 0.25) is 0 Å². The summed E-state index contributed by atoms with van der Waals surface area (Å²) in [6, 6.07) is 5.62. The minimum atomic E-state index is -0.442. The predicted octanol–water partition coefficient (Wildman–Crippen LogP) is 2.85. The highest BCUT2D eigenvalue weighted by Gasteiger charge is 2.18. The van der Waals surface area contributed by atoms with Crippen molar-refractivity contribution >= 4 is 5.69 Å². The van der Waals surface area contributed by atoms with Crippen LogP contribution in [0.3, 0.4) is 0 Å². The van der Waals surface area contributed by atoms with Crippen LogP contribution in [0.1, 0.15) is 0 Å². The molecule has 1 aromatic carbocycles. The second kappa shape index (κ2) is 5.62. The Labute approximate surface area is 109 Å². The Bertz CT molecular complexity index is 578. The number of hydrogen-bond donors (Lipinski definition) is 0. The Morgan fingerprint density at radius 2 is 2.00 bits per heavy atom. The average molecular weight is 264 g/mol. The normalized spacial score (nSPS) is 10.6. The van der Waals surface area contributed by atoms with Crippen LogP contribution < -0.4 is 0 Å². The highest BCUT2D eigenvalue weighted by molar-refractivity contribution is 5.73. The van der Waals surface area contributed by atoms with Gasteiger partial charge in [-0.05, 0) is 17.7 Å². The van der Waals surface area contributed by atoms with Crippen LogP contribution in [0, 0.1) is 15.9 Å². The fraction of sp³-hybridized carbons (Fsp3) is 0.231. The van der Waals surface area contributed by atoms with E-state index in [4.69, 9.17) is 4.74 Å². The number of ether oxygens (including phenoxy) is 1. The fourth-order valence-corrected chi connectivity index (χ4v) is 1.82. The van der Waals surface area contributed by atoms with Gasteiger partial charge in [-0.1, -0.05) is 12.1 Å². The van der Waals surface area contributed by atoms with E-state index in [9.17, 15) is 14.5 Å². The van der Waals surface area contributed by atoms with E-state index >= 15 is 0 Å². The van der Waals surface area contributed by atoms with Gasteiger partial charge < -0.3 is 9.30 Å². The topological polar surface area (TPSA) is 57.3 Å². The first-order valence-electron chi connectivity index (χ1n) is 5.71. The molecule has 2 rings (SSSR count). The zero-order valence-corrected chi connectivity index (χ0v) is 10.4. The monoisotopic (exact) mass is 264 g/mol. The third-order valence-corrected chi connectivity index (χ3v) is 2.76. The number of hydrogen-bond acceptors (Lipinski definition) is 3. The Balaban J connectivity index is 2.39. The van der Waals surface area contributed by atoms with Crippen LogP contribution in [0.25, 0.3) is 11.1 Å². The first kappa shape index (κ1) is 13.2. The van der Waals surface area contributed by atoms with E-state index in [1.54, 1.807) is 17.9 Å². The summed E-state index contributed by atoms with van der Waals surface area (Å²) in [6.07, 6.45) is 3.13. The first-order valence-corrected chi connectivity index (χ1v) is 5.71. The molecule has 0 atom stereocenters. The van der Waals surface area contributed by atoms with E-state index < -0.39 is 4.92 Å². The lowest BCUT2D eigenvalue weighted by Crippen LogP contribution is -2.01. The number of rotatable bonds is 5. The van der Waals surface area contributed by atoms with Crippen molar-refractivity contribution in [2.45, 2.75) is 6.54 Å². The Kier molecular flexibility index (Phi) is 3.91. The van der Waals surface area contributed by atoms with Crippen molar-refractivity contribution in [1.29, 1.82) is 0 Å². The molecule has 0 aliphatic carbocycles. The van der Waals surface area contributed by atoms with Crippen molar-refractivity contribution < 1.29 is 14.1 Å². The van der Waals surface area contributed by atoms with Crippen molar-refractivity contribution in [3.05, 3.63) is 52.6 Å². The van der Waals surface area contributed by atoms with Crippen LogP contribution in [0.5, 0.6) is 0 Å². The summed E-state index contributed by atoms with van der Waals surface area (Å²) in [4.78, 5) is 10.6. The van der Waals surface area contributed by atoms with Crippen LogP contribution in [-0.4, -0.2) is 23.2 Å². The molecule has 0 fully saturated rings. The minimum absolute atomic E-state index is 0.00251. The van der Waals surface area contributed by atoms with Crippen LogP contribution in [0.15, 0.2) is 36.7 Å². The van der Waals surface area contributed by atoms with Gasteiger partial charge in [0.1, 0.15) is 5.82 Å². The summed E-state index contributed by atoms with van der Waals surface area (Å²) in [6.45, 7) is 0.993. The maximum atomic E-state index is 12.9. The molecule has 0 bridgehead atoms. The van der Waals surface area contributed by atoms with E-state index in [0.29, 0.717) is 24.3 Å². The number of methoxy groups -OCH3 is 1. The predicted molar refractivity (Wildman–Crippen MR) is 68.4 cm³/mol. The Hall–Kier alpha value is -2.21. The van der Waals surface area contributed by atoms with Gasteiger partial charge in [0, 0.05) is 19.9 Å². The molecule has 0 aliphatic heterocycles. The van der Waals surface area contributed by atoms with Crippen molar-refractivity contribution in [2.75, 3.05) is 13.7 Å². The second-order valence-corrected chi connectivity index (χ2v) is 4.05. The summed E-state index contributed by atoms with van der Waals surface area (Å²) in [5, 5.41) is 11.0. The number of halogens is 1. The zero-order chi connectivity index (χ0) is 13.8. The maximum Gasteiger partial charge on any atom is 0.294 e. The van der Waals surface area contributed by atoms with E-state index in [0.717, 1.165) is 0 Å². The van der Waals surface area contributed by atoms with Crippen molar-refractivity contribution in [1.82, 2.24) is 4.57 Å². The molecule has 0 spiro atoms. The highest BCUT2D eigenvalue weighted by atomic mass is 19.1. The maximum absolute atomic E-state index is 12.9. The largest absolute Gasteiger partial charge is 0.383 e. The van der Waals surface area contributed by atoms with E-state index in [2.05, 4.69) is 0 Å². The SMILES string of the molecule is COCCn1cc(-c2ccc(F)cc2)c([N+](=O)[O-])c1. The lowest BCUT2D eigenvalue weighted by atomic mass is 10.1. The number of benzene rings is 1. The minimum Gasteiger partial charge on any atom is -0.383 e. The molecule has 19 heavy (non-hydrogen) atoms. The van der Waals surface area contributed by atoms with Gasteiger partial charge in [0.05, 0.1) is 23.3 Å². The highest BCUT2D eigenvalue weighted by Crippen LogP contribution is 2.30. The van der Waals surface area contributed by atoms with Crippen molar-refractivity contribution in [3.63, 3.8) is 0 Å². The molecule has 0 saturated heterocycles. The Morgan fingerprint density at radius 3 is 2.58 bits per heavy atom. The molecule has 0 amide bonds.